The number of hydrogen-bond acceptors (Lipinski definition) is 6. The Morgan fingerprint density at radius 2 is 2.13 bits per heavy atom. The van der Waals surface area contributed by atoms with Crippen LogP contribution >= 0.6 is 22.7 Å². The van der Waals surface area contributed by atoms with E-state index in [4.69, 9.17) is 0 Å². The Balaban J connectivity index is 1.48. The van der Waals surface area contributed by atoms with Crippen molar-refractivity contribution in [2.24, 2.45) is 0 Å². The number of anilines is 1. The van der Waals surface area contributed by atoms with E-state index in [1.807, 2.05) is 17.6 Å². The van der Waals surface area contributed by atoms with Gasteiger partial charge in [0.1, 0.15) is 0 Å². The topological polar surface area (TPSA) is 71.1 Å². The maximum atomic E-state index is 12.0. The van der Waals surface area contributed by atoms with Crippen LogP contribution in [0.1, 0.15) is 46.2 Å². The lowest BCUT2D eigenvalue weighted by Crippen LogP contribution is -2.26. The molecular weight excluding hydrogens is 330 g/mol. The second-order valence-electron chi connectivity index (χ2n) is 5.54. The number of nitrogens with one attached hydrogen (secondary N) is 2. The standard InChI is InChI=1S/C16H19N3O2S2/c20-12(13-2-1-9-22-13)3-4-15(21)19-16-18-10-14(23-16)11-5-7-17-8-6-11/h1-2,9-11,17H,3-8H2,(H,18,19,21). The van der Waals surface area contributed by atoms with Gasteiger partial charge >= 0.3 is 0 Å². The van der Waals surface area contributed by atoms with Crippen molar-refractivity contribution in [1.29, 1.82) is 0 Å². The predicted octanol–water partition coefficient (Wildman–Crippen LogP) is 3.27. The molecule has 0 saturated carbocycles. The van der Waals surface area contributed by atoms with E-state index in [9.17, 15) is 9.59 Å². The molecule has 2 N–H and O–H groups in total. The van der Waals surface area contributed by atoms with Gasteiger partial charge in [0.2, 0.25) is 5.91 Å². The van der Waals surface area contributed by atoms with Gasteiger partial charge in [-0.25, -0.2) is 4.98 Å². The van der Waals surface area contributed by atoms with Gasteiger partial charge in [0.15, 0.2) is 10.9 Å². The summed E-state index contributed by atoms with van der Waals surface area (Å²) >= 11 is 2.96. The average molecular weight is 349 g/mol. The maximum Gasteiger partial charge on any atom is 0.226 e. The number of rotatable bonds is 6. The summed E-state index contributed by atoms with van der Waals surface area (Å²) in [5, 5.41) is 8.65. The van der Waals surface area contributed by atoms with E-state index in [1.54, 1.807) is 17.4 Å². The first-order valence-corrected chi connectivity index (χ1v) is 9.45. The summed E-state index contributed by atoms with van der Waals surface area (Å²) in [7, 11) is 0. The molecule has 5 nitrogen and oxygen atoms in total. The molecule has 0 aromatic carbocycles. The van der Waals surface area contributed by atoms with Gasteiger partial charge in [-0.1, -0.05) is 6.07 Å². The number of carbonyl (C=O) groups excluding carboxylic acids is 2. The van der Waals surface area contributed by atoms with E-state index in [0.29, 0.717) is 15.9 Å². The third-order valence-corrected chi connectivity index (χ3v) is 5.87. The zero-order valence-corrected chi connectivity index (χ0v) is 14.3. The fourth-order valence-electron chi connectivity index (χ4n) is 2.61. The average Bonchev–Trinajstić information content (AvgIpc) is 3.25. The molecule has 0 bridgehead atoms. The van der Waals surface area contributed by atoms with Crippen molar-refractivity contribution in [3.8, 4) is 0 Å². The SMILES string of the molecule is O=C(CCC(=O)c1cccs1)Nc1ncc(C2CCNCC2)s1. The highest BCUT2D eigenvalue weighted by molar-refractivity contribution is 7.15. The Bertz CT molecular complexity index is 661. The molecular formula is C16H19N3O2S2. The van der Waals surface area contributed by atoms with Crippen molar-refractivity contribution in [3.05, 3.63) is 33.5 Å². The smallest absolute Gasteiger partial charge is 0.226 e. The maximum absolute atomic E-state index is 12.0. The minimum absolute atomic E-state index is 0.0182. The van der Waals surface area contributed by atoms with E-state index >= 15 is 0 Å². The summed E-state index contributed by atoms with van der Waals surface area (Å²) in [5.74, 6) is 0.408. The van der Waals surface area contributed by atoms with E-state index in [0.717, 1.165) is 25.9 Å². The number of aromatic nitrogens is 1. The molecule has 122 valence electrons. The van der Waals surface area contributed by atoms with E-state index in [-0.39, 0.29) is 24.5 Å². The van der Waals surface area contributed by atoms with Crippen LogP contribution in [0, 0.1) is 0 Å². The van der Waals surface area contributed by atoms with Crippen LogP contribution in [-0.2, 0) is 4.79 Å². The molecule has 0 atom stereocenters. The molecule has 1 saturated heterocycles. The molecule has 0 aliphatic carbocycles. The van der Waals surface area contributed by atoms with Crippen molar-refractivity contribution in [2.45, 2.75) is 31.6 Å². The monoisotopic (exact) mass is 349 g/mol. The van der Waals surface area contributed by atoms with Crippen LogP contribution in [0.15, 0.2) is 23.7 Å². The summed E-state index contributed by atoms with van der Waals surface area (Å²) in [4.78, 5) is 30.1. The van der Waals surface area contributed by atoms with Crippen LogP contribution in [0.2, 0.25) is 0 Å². The first-order chi connectivity index (χ1) is 11.2. The predicted molar refractivity (Wildman–Crippen MR) is 93.5 cm³/mol. The van der Waals surface area contributed by atoms with Gasteiger partial charge in [0, 0.05) is 23.9 Å². The number of Topliss-reactive ketones (excluding diaryl/α,β-unsaturated/α-hetero) is 1. The fourth-order valence-corrected chi connectivity index (χ4v) is 4.30. The normalized spacial score (nSPS) is 15.5. The number of piperidine rings is 1. The highest BCUT2D eigenvalue weighted by Gasteiger charge is 2.18. The van der Waals surface area contributed by atoms with E-state index in [1.165, 1.54) is 16.2 Å². The molecule has 2 aromatic rings. The minimum Gasteiger partial charge on any atom is -0.317 e. The van der Waals surface area contributed by atoms with Gasteiger partial charge in [-0.15, -0.1) is 22.7 Å². The van der Waals surface area contributed by atoms with Crippen molar-refractivity contribution >= 4 is 39.5 Å². The molecule has 0 radical (unpaired) electrons. The minimum atomic E-state index is -0.152. The molecule has 1 fully saturated rings. The number of amides is 1. The lowest BCUT2D eigenvalue weighted by Gasteiger charge is -2.20. The van der Waals surface area contributed by atoms with Gasteiger partial charge in [-0.2, -0.15) is 0 Å². The van der Waals surface area contributed by atoms with Crippen molar-refractivity contribution in [2.75, 3.05) is 18.4 Å². The van der Waals surface area contributed by atoms with Crippen molar-refractivity contribution in [1.82, 2.24) is 10.3 Å². The number of hydrogen-bond donors (Lipinski definition) is 2. The number of ketones is 1. The summed E-state index contributed by atoms with van der Waals surface area (Å²) in [6.45, 7) is 2.07. The van der Waals surface area contributed by atoms with Crippen LogP contribution in [0.5, 0.6) is 0 Å². The summed E-state index contributed by atoms with van der Waals surface area (Å²) in [6.07, 6.45) is 4.53. The van der Waals surface area contributed by atoms with Crippen LogP contribution in [0.4, 0.5) is 5.13 Å². The Morgan fingerprint density at radius 3 is 2.87 bits per heavy atom. The Hall–Kier alpha value is -1.57. The third-order valence-electron chi connectivity index (χ3n) is 3.89. The number of nitrogens with zero attached hydrogens (tertiary/aromatic N) is 1. The highest BCUT2D eigenvalue weighted by atomic mass is 32.1. The number of thiophene rings is 1. The Morgan fingerprint density at radius 1 is 1.30 bits per heavy atom. The summed E-state index contributed by atoms with van der Waals surface area (Å²) < 4.78 is 0. The second kappa shape index (κ2) is 7.81. The van der Waals surface area contributed by atoms with Gasteiger partial charge in [0.05, 0.1) is 4.88 Å². The van der Waals surface area contributed by atoms with Crippen LogP contribution in [0.25, 0.3) is 0 Å². The summed E-state index contributed by atoms with van der Waals surface area (Å²) in [6, 6.07) is 3.63. The van der Waals surface area contributed by atoms with E-state index < -0.39 is 0 Å². The molecule has 2 aromatic heterocycles. The van der Waals surface area contributed by atoms with Gasteiger partial charge < -0.3 is 10.6 Å². The molecule has 1 aliphatic heterocycles. The first-order valence-electron chi connectivity index (χ1n) is 7.75. The van der Waals surface area contributed by atoms with Crippen molar-refractivity contribution < 1.29 is 9.59 Å². The van der Waals surface area contributed by atoms with Gasteiger partial charge in [-0.3, -0.25) is 9.59 Å². The lowest BCUT2D eigenvalue weighted by atomic mass is 9.97. The molecule has 7 heteroatoms. The zero-order chi connectivity index (χ0) is 16.1. The van der Waals surface area contributed by atoms with Crippen LogP contribution in [0.3, 0.4) is 0 Å². The highest BCUT2D eigenvalue weighted by Crippen LogP contribution is 2.31. The van der Waals surface area contributed by atoms with Crippen LogP contribution in [-0.4, -0.2) is 29.8 Å². The molecule has 1 amide bonds. The molecule has 0 unspecified atom stereocenters. The van der Waals surface area contributed by atoms with E-state index in [2.05, 4.69) is 15.6 Å². The molecule has 23 heavy (non-hydrogen) atoms. The number of carbonyl (C=O) groups is 2. The second-order valence-corrected chi connectivity index (χ2v) is 7.55. The lowest BCUT2D eigenvalue weighted by molar-refractivity contribution is -0.116. The summed E-state index contributed by atoms with van der Waals surface area (Å²) in [5.41, 5.74) is 0. The fraction of sp³-hybridized carbons (Fsp3) is 0.438. The Labute approximate surface area is 143 Å². The van der Waals surface area contributed by atoms with Crippen molar-refractivity contribution in [3.63, 3.8) is 0 Å². The number of thiazole rings is 1. The first kappa shape index (κ1) is 16.3. The van der Waals surface area contributed by atoms with Gasteiger partial charge in [0.25, 0.3) is 0 Å². The third kappa shape index (κ3) is 4.46. The Kier molecular flexibility index (Phi) is 5.53. The quantitative estimate of drug-likeness (QED) is 0.785. The molecule has 0 spiro atoms. The van der Waals surface area contributed by atoms with Gasteiger partial charge in [-0.05, 0) is 43.3 Å². The van der Waals surface area contributed by atoms with Crippen LogP contribution < -0.4 is 10.6 Å². The molecule has 3 heterocycles. The molecule has 3 rings (SSSR count). The zero-order valence-electron chi connectivity index (χ0n) is 12.7. The largest absolute Gasteiger partial charge is 0.317 e. The molecule has 1 aliphatic rings.